The number of benzene rings is 1. The van der Waals surface area contributed by atoms with Gasteiger partial charge in [-0.2, -0.15) is 0 Å². The molecule has 146 valence electrons. The molecule has 1 aromatic carbocycles. The second kappa shape index (κ2) is 9.73. The van der Waals surface area contributed by atoms with E-state index in [1.165, 1.54) is 22.3 Å². The number of piperazine rings is 1. The van der Waals surface area contributed by atoms with Crippen molar-refractivity contribution in [2.45, 2.75) is 6.42 Å². The van der Waals surface area contributed by atoms with E-state index < -0.39 is 23.1 Å². The van der Waals surface area contributed by atoms with Crippen molar-refractivity contribution in [1.29, 1.82) is 0 Å². The Bertz CT molecular complexity index is 805. The molecule has 0 unspecified atom stereocenters. The molecular formula is C18H18BrClF2N2O2S. The Morgan fingerprint density at radius 1 is 1.04 bits per heavy atom. The van der Waals surface area contributed by atoms with Gasteiger partial charge in [0.05, 0.1) is 8.66 Å². The Balaban J connectivity index is 0.00000261. The van der Waals surface area contributed by atoms with E-state index in [2.05, 4.69) is 20.8 Å². The topological polar surface area (TPSA) is 40.6 Å². The largest absolute Gasteiger partial charge is 0.336 e. The normalized spacial score (nSPS) is 14.7. The summed E-state index contributed by atoms with van der Waals surface area (Å²) in [5, 5.41) is 0. The highest BCUT2D eigenvalue weighted by molar-refractivity contribution is 9.11. The second-order valence-corrected chi connectivity index (χ2v) is 8.47. The van der Waals surface area contributed by atoms with Gasteiger partial charge in [0.25, 0.3) is 5.91 Å². The molecule has 0 saturated carbocycles. The molecule has 2 heterocycles. The molecule has 3 rings (SSSR count). The highest BCUT2D eigenvalue weighted by Gasteiger charge is 2.26. The fourth-order valence-corrected chi connectivity index (χ4v) is 4.24. The number of halogens is 4. The van der Waals surface area contributed by atoms with Crippen LogP contribution < -0.4 is 0 Å². The average Bonchev–Trinajstić information content (AvgIpc) is 3.06. The molecule has 4 nitrogen and oxygen atoms in total. The van der Waals surface area contributed by atoms with Crippen molar-refractivity contribution in [2.75, 3.05) is 32.7 Å². The van der Waals surface area contributed by atoms with Gasteiger partial charge < -0.3 is 4.90 Å². The van der Waals surface area contributed by atoms with E-state index in [1.54, 1.807) is 6.07 Å². The first-order valence-corrected chi connectivity index (χ1v) is 9.81. The lowest BCUT2D eigenvalue weighted by Gasteiger charge is -2.34. The van der Waals surface area contributed by atoms with Crippen LogP contribution in [0, 0.1) is 11.6 Å². The number of rotatable bonds is 5. The third-order valence-electron chi connectivity index (χ3n) is 4.34. The van der Waals surface area contributed by atoms with Crippen molar-refractivity contribution < 1.29 is 18.4 Å². The summed E-state index contributed by atoms with van der Waals surface area (Å²) >= 11 is 4.75. The lowest BCUT2D eigenvalue weighted by molar-refractivity contribution is 0.0619. The SMILES string of the molecule is Cl.O=C(CCN1CCN(C(=O)c2c(F)cccc2F)CC1)c1ccc(Br)s1. The number of hydrogen-bond acceptors (Lipinski definition) is 4. The minimum Gasteiger partial charge on any atom is -0.336 e. The first kappa shape index (κ1) is 21.9. The molecule has 1 aliphatic heterocycles. The number of carbonyl (C=O) groups excluding carboxylic acids is 2. The highest BCUT2D eigenvalue weighted by atomic mass is 79.9. The third-order valence-corrected chi connectivity index (χ3v) is 6.00. The van der Waals surface area contributed by atoms with Crippen LogP contribution in [0.15, 0.2) is 34.1 Å². The lowest BCUT2D eigenvalue weighted by Crippen LogP contribution is -2.49. The number of hydrogen-bond donors (Lipinski definition) is 0. The Morgan fingerprint density at radius 2 is 1.67 bits per heavy atom. The molecule has 2 aromatic rings. The predicted molar refractivity (Wildman–Crippen MR) is 107 cm³/mol. The van der Waals surface area contributed by atoms with E-state index in [9.17, 15) is 18.4 Å². The number of thiophene rings is 1. The number of amides is 1. The minimum absolute atomic E-state index is 0. The van der Waals surface area contributed by atoms with Crippen LogP contribution in [0.3, 0.4) is 0 Å². The summed E-state index contributed by atoms with van der Waals surface area (Å²) in [4.78, 5) is 28.8. The van der Waals surface area contributed by atoms with Crippen LogP contribution in [0.25, 0.3) is 0 Å². The molecule has 0 bridgehead atoms. The summed E-state index contributed by atoms with van der Waals surface area (Å²) in [6.07, 6.45) is 0.406. The van der Waals surface area contributed by atoms with Gasteiger partial charge in [-0.25, -0.2) is 8.78 Å². The zero-order valence-electron chi connectivity index (χ0n) is 14.3. The van der Waals surface area contributed by atoms with E-state index in [0.717, 1.165) is 20.8 Å². The summed E-state index contributed by atoms with van der Waals surface area (Å²) < 4.78 is 28.5. The van der Waals surface area contributed by atoms with Gasteiger partial charge in [-0.1, -0.05) is 6.07 Å². The molecule has 0 spiro atoms. The van der Waals surface area contributed by atoms with Crippen molar-refractivity contribution in [2.24, 2.45) is 0 Å². The van der Waals surface area contributed by atoms with Crippen molar-refractivity contribution in [3.63, 3.8) is 0 Å². The number of Topliss-reactive ketones (excluding diaryl/α,β-unsaturated/α-hetero) is 1. The molecule has 1 aliphatic rings. The molecule has 1 fully saturated rings. The smallest absolute Gasteiger partial charge is 0.259 e. The molecule has 9 heteroatoms. The van der Waals surface area contributed by atoms with Gasteiger partial charge >= 0.3 is 0 Å². The van der Waals surface area contributed by atoms with Gasteiger partial charge in [-0.05, 0) is 40.2 Å². The molecule has 0 atom stereocenters. The van der Waals surface area contributed by atoms with Crippen LogP contribution in [0.1, 0.15) is 26.5 Å². The van der Waals surface area contributed by atoms with Gasteiger partial charge in [-0.15, -0.1) is 23.7 Å². The van der Waals surface area contributed by atoms with E-state index in [0.29, 0.717) is 39.1 Å². The summed E-state index contributed by atoms with van der Waals surface area (Å²) in [5.74, 6) is -2.22. The zero-order valence-corrected chi connectivity index (χ0v) is 17.5. The summed E-state index contributed by atoms with van der Waals surface area (Å²) in [7, 11) is 0. The predicted octanol–water partition coefficient (Wildman–Crippen LogP) is 4.24. The van der Waals surface area contributed by atoms with Crippen LogP contribution in [0.5, 0.6) is 0 Å². The summed E-state index contributed by atoms with van der Waals surface area (Å²) in [6, 6.07) is 7.06. The van der Waals surface area contributed by atoms with Crippen LogP contribution in [-0.2, 0) is 0 Å². The van der Waals surface area contributed by atoms with E-state index >= 15 is 0 Å². The fourth-order valence-electron chi connectivity index (χ4n) is 2.88. The third kappa shape index (κ3) is 5.34. The number of nitrogens with zero attached hydrogens (tertiary/aromatic N) is 2. The van der Waals surface area contributed by atoms with Gasteiger partial charge in [0.2, 0.25) is 0 Å². The Labute approximate surface area is 174 Å². The Morgan fingerprint density at radius 3 is 2.22 bits per heavy atom. The first-order chi connectivity index (χ1) is 12.5. The number of carbonyl (C=O) groups is 2. The quantitative estimate of drug-likeness (QED) is 0.602. The van der Waals surface area contributed by atoms with Crippen LogP contribution in [0.2, 0.25) is 0 Å². The van der Waals surface area contributed by atoms with Crippen molar-refractivity contribution in [3.8, 4) is 0 Å². The summed E-state index contributed by atoms with van der Waals surface area (Å²) in [6.45, 7) is 2.51. The molecular weight excluding hydrogens is 462 g/mol. The lowest BCUT2D eigenvalue weighted by atomic mass is 10.1. The van der Waals surface area contributed by atoms with E-state index in [4.69, 9.17) is 0 Å². The first-order valence-electron chi connectivity index (χ1n) is 8.20. The standard InChI is InChI=1S/C18H17BrF2N2O2S.ClH/c19-16-5-4-15(26-16)14(24)6-7-22-8-10-23(11-9-22)18(25)17-12(20)2-1-3-13(17)21;/h1-5H,6-11H2;1H. The van der Waals surface area contributed by atoms with Gasteiger partial charge in [0.1, 0.15) is 17.2 Å². The molecule has 0 N–H and O–H groups in total. The molecule has 0 aliphatic carbocycles. The fraction of sp³-hybridized carbons (Fsp3) is 0.333. The van der Waals surface area contributed by atoms with Crippen LogP contribution in [0.4, 0.5) is 8.78 Å². The monoisotopic (exact) mass is 478 g/mol. The molecule has 0 radical (unpaired) electrons. The van der Waals surface area contributed by atoms with Gasteiger partial charge in [0.15, 0.2) is 5.78 Å². The van der Waals surface area contributed by atoms with Gasteiger partial charge in [-0.3, -0.25) is 14.5 Å². The second-order valence-electron chi connectivity index (χ2n) is 6.01. The minimum atomic E-state index is -0.842. The Hall–Kier alpha value is -1.35. The maximum absolute atomic E-state index is 13.8. The van der Waals surface area contributed by atoms with Crippen LogP contribution in [-0.4, -0.2) is 54.2 Å². The summed E-state index contributed by atoms with van der Waals surface area (Å²) in [5.41, 5.74) is -0.501. The van der Waals surface area contributed by atoms with Crippen LogP contribution >= 0.6 is 39.7 Å². The molecule has 27 heavy (non-hydrogen) atoms. The van der Waals surface area contributed by atoms with Crippen molar-refractivity contribution in [1.82, 2.24) is 9.80 Å². The highest BCUT2D eigenvalue weighted by Crippen LogP contribution is 2.23. The Kier molecular flexibility index (Phi) is 7.91. The maximum atomic E-state index is 13.8. The molecule has 1 amide bonds. The average molecular weight is 480 g/mol. The van der Waals surface area contributed by atoms with E-state index in [1.807, 2.05) is 6.07 Å². The molecule has 1 saturated heterocycles. The van der Waals surface area contributed by atoms with Gasteiger partial charge in [0, 0.05) is 39.1 Å². The zero-order chi connectivity index (χ0) is 18.7. The van der Waals surface area contributed by atoms with Crippen molar-refractivity contribution in [3.05, 3.63) is 56.2 Å². The maximum Gasteiger partial charge on any atom is 0.259 e. The molecule has 1 aromatic heterocycles. The van der Waals surface area contributed by atoms with E-state index in [-0.39, 0.29) is 18.2 Å². The number of ketones is 1. The van der Waals surface area contributed by atoms with Crippen molar-refractivity contribution >= 4 is 51.4 Å².